The van der Waals surface area contributed by atoms with Crippen LogP contribution >= 0.6 is 37.2 Å². The molecule has 7 nitrogen and oxygen atoms in total. The second-order valence-electron chi connectivity index (χ2n) is 8.43. The lowest BCUT2D eigenvalue weighted by molar-refractivity contribution is 0.211. The van der Waals surface area contributed by atoms with Crippen LogP contribution in [0.25, 0.3) is 0 Å². The van der Waals surface area contributed by atoms with Gasteiger partial charge in [-0.3, -0.25) is 19.8 Å². The molecule has 1 aliphatic rings. The van der Waals surface area contributed by atoms with E-state index in [1.165, 1.54) is 11.1 Å². The zero-order valence-electron chi connectivity index (χ0n) is 20.6. The molecule has 0 saturated carbocycles. The van der Waals surface area contributed by atoms with Gasteiger partial charge in [-0.1, -0.05) is 6.07 Å². The number of amides is 2. The van der Waals surface area contributed by atoms with Crippen molar-refractivity contribution in [1.29, 1.82) is 0 Å². The molecule has 0 atom stereocenters. The number of urea groups is 1. The summed E-state index contributed by atoms with van der Waals surface area (Å²) in [5.74, 6) is 0.848. The van der Waals surface area contributed by atoms with E-state index in [1.807, 2.05) is 56.1 Å². The molecule has 0 aliphatic carbocycles. The van der Waals surface area contributed by atoms with Crippen LogP contribution < -0.4 is 9.64 Å². The number of anilines is 1. The third-order valence-electron chi connectivity index (χ3n) is 5.92. The van der Waals surface area contributed by atoms with Crippen LogP contribution in [0.5, 0.6) is 5.75 Å². The molecule has 0 saturated heterocycles. The molecule has 10 heteroatoms. The van der Waals surface area contributed by atoms with E-state index in [4.69, 9.17) is 4.74 Å². The number of benzene rings is 1. The normalized spacial score (nSPS) is 12.2. The Morgan fingerprint density at radius 3 is 2.44 bits per heavy atom. The van der Waals surface area contributed by atoms with Gasteiger partial charge in [0.15, 0.2) is 0 Å². The fraction of sp³-hybridized carbons (Fsp3) is 0.346. The minimum absolute atomic E-state index is 0. The predicted octanol–water partition coefficient (Wildman–Crippen LogP) is 5.26. The number of fused-ring (bicyclic) bond motifs is 1. The van der Waals surface area contributed by atoms with Crippen LogP contribution in [0.2, 0.25) is 0 Å². The van der Waals surface area contributed by atoms with E-state index in [0.29, 0.717) is 13.2 Å². The Kier molecular flexibility index (Phi) is 13.6. The molecule has 0 bridgehead atoms. The van der Waals surface area contributed by atoms with Crippen LogP contribution in [-0.4, -0.2) is 59.6 Å². The zero-order chi connectivity index (χ0) is 23.0. The zero-order valence-corrected chi connectivity index (χ0v) is 23.0. The summed E-state index contributed by atoms with van der Waals surface area (Å²) in [6.45, 7) is 4.02. The number of hydrogen-bond acceptors (Lipinski definition) is 5. The minimum Gasteiger partial charge on any atom is -0.494 e. The van der Waals surface area contributed by atoms with Gasteiger partial charge < -0.3 is 9.64 Å². The highest BCUT2D eigenvalue weighted by molar-refractivity contribution is 5.94. The van der Waals surface area contributed by atoms with Gasteiger partial charge in [-0.25, -0.2) is 4.79 Å². The topological polar surface area (TPSA) is 61.8 Å². The highest BCUT2D eigenvalue weighted by Crippen LogP contribution is 2.30. The van der Waals surface area contributed by atoms with Crippen molar-refractivity contribution in [3.63, 3.8) is 0 Å². The van der Waals surface area contributed by atoms with Gasteiger partial charge in [-0.2, -0.15) is 0 Å². The monoisotopic (exact) mass is 553 g/mol. The second kappa shape index (κ2) is 15.5. The maximum absolute atomic E-state index is 12.1. The summed E-state index contributed by atoms with van der Waals surface area (Å²) in [7, 11) is 3.62. The van der Waals surface area contributed by atoms with E-state index in [0.717, 1.165) is 49.5 Å². The van der Waals surface area contributed by atoms with E-state index in [1.54, 1.807) is 16.8 Å². The summed E-state index contributed by atoms with van der Waals surface area (Å²) in [5.41, 5.74) is 4.56. The number of aromatic nitrogens is 2. The van der Waals surface area contributed by atoms with Crippen LogP contribution in [0.15, 0.2) is 67.3 Å². The largest absolute Gasteiger partial charge is 0.494 e. The highest BCUT2D eigenvalue weighted by Gasteiger charge is 2.25. The van der Waals surface area contributed by atoms with Crippen molar-refractivity contribution in [2.24, 2.45) is 0 Å². The van der Waals surface area contributed by atoms with Gasteiger partial charge >= 0.3 is 6.03 Å². The summed E-state index contributed by atoms with van der Waals surface area (Å²) < 4.78 is 6.06. The molecule has 3 heterocycles. The number of nitrogens with zero attached hydrogens (tertiary/aromatic N) is 5. The molecule has 3 aromatic rings. The minimum atomic E-state index is 0. The Bertz CT molecular complexity index is 1060. The molecular weight excluding hydrogens is 521 g/mol. The van der Waals surface area contributed by atoms with Gasteiger partial charge in [0.25, 0.3) is 0 Å². The summed E-state index contributed by atoms with van der Waals surface area (Å²) in [4.78, 5) is 26.3. The van der Waals surface area contributed by atoms with Gasteiger partial charge in [0, 0.05) is 65.1 Å². The average molecular weight is 555 g/mol. The summed E-state index contributed by atoms with van der Waals surface area (Å²) >= 11 is 0. The first-order chi connectivity index (χ1) is 16.1. The van der Waals surface area contributed by atoms with Gasteiger partial charge in [-0.05, 0) is 65.9 Å². The average Bonchev–Trinajstić information content (AvgIpc) is 2.84. The SMILES string of the molecule is CN1Cc2cc(OCCCN(CCc3cccnc3)Cc3ccncc3)ccc2N(C)C1=O.Cl.Cl.Cl. The second-order valence-corrected chi connectivity index (χ2v) is 8.43. The molecule has 36 heavy (non-hydrogen) atoms. The Hall–Kier alpha value is -2.58. The van der Waals surface area contributed by atoms with Gasteiger partial charge in [0.05, 0.1) is 12.3 Å². The maximum Gasteiger partial charge on any atom is 0.324 e. The van der Waals surface area contributed by atoms with Gasteiger partial charge in [-0.15, -0.1) is 37.2 Å². The molecule has 1 aromatic carbocycles. The first-order valence-corrected chi connectivity index (χ1v) is 11.3. The van der Waals surface area contributed by atoms with E-state index in [-0.39, 0.29) is 43.3 Å². The van der Waals surface area contributed by atoms with Crippen molar-refractivity contribution < 1.29 is 9.53 Å². The molecule has 0 fully saturated rings. The van der Waals surface area contributed by atoms with Crippen molar-refractivity contribution >= 4 is 48.9 Å². The molecule has 0 radical (unpaired) electrons. The molecule has 0 spiro atoms. The van der Waals surface area contributed by atoms with Crippen molar-refractivity contribution in [3.8, 4) is 5.75 Å². The van der Waals surface area contributed by atoms with Crippen LogP contribution in [0.1, 0.15) is 23.1 Å². The smallest absolute Gasteiger partial charge is 0.324 e. The number of ether oxygens (including phenoxy) is 1. The lowest BCUT2D eigenvalue weighted by atomic mass is 10.1. The number of carbonyl (C=O) groups is 1. The molecule has 0 unspecified atom stereocenters. The van der Waals surface area contributed by atoms with Gasteiger partial charge in [0.1, 0.15) is 5.75 Å². The van der Waals surface area contributed by atoms with Crippen LogP contribution in [0.4, 0.5) is 10.5 Å². The Morgan fingerprint density at radius 1 is 0.944 bits per heavy atom. The first-order valence-electron chi connectivity index (χ1n) is 11.3. The van der Waals surface area contributed by atoms with E-state index < -0.39 is 0 Å². The Balaban J connectivity index is 0.00000216. The van der Waals surface area contributed by atoms with E-state index in [9.17, 15) is 4.79 Å². The summed E-state index contributed by atoms with van der Waals surface area (Å²) in [5, 5.41) is 0. The molecule has 0 N–H and O–H groups in total. The third kappa shape index (κ3) is 8.52. The number of hydrogen-bond donors (Lipinski definition) is 0. The summed E-state index contributed by atoms with van der Waals surface area (Å²) in [6, 6.07) is 14.2. The number of carbonyl (C=O) groups excluding carboxylic acids is 1. The fourth-order valence-corrected chi connectivity index (χ4v) is 4.12. The Morgan fingerprint density at radius 2 is 1.72 bits per heavy atom. The molecule has 2 amide bonds. The highest BCUT2D eigenvalue weighted by atomic mass is 35.5. The van der Waals surface area contributed by atoms with Crippen molar-refractivity contribution in [1.82, 2.24) is 19.8 Å². The predicted molar refractivity (Wildman–Crippen MR) is 151 cm³/mol. The van der Waals surface area contributed by atoms with Crippen molar-refractivity contribution in [3.05, 3.63) is 83.9 Å². The number of rotatable bonds is 10. The maximum atomic E-state index is 12.1. The lowest BCUT2D eigenvalue weighted by Gasteiger charge is -2.32. The molecule has 196 valence electrons. The quantitative estimate of drug-likeness (QED) is 0.320. The summed E-state index contributed by atoms with van der Waals surface area (Å²) in [6.07, 6.45) is 9.32. The van der Waals surface area contributed by atoms with Crippen LogP contribution in [-0.2, 0) is 19.5 Å². The third-order valence-corrected chi connectivity index (χ3v) is 5.92. The molecule has 1 aliphatic heterocycles. The lowest BCUT2D eigenvalue weighted by Crippen LogP contribution is -2.42. The first kappa shape index (κ1) is 31.4. The standard InChI is InChI=1S/C26H31N5O2.3ClH/c1-29-20-23-17-24(6-7-25(23)30(2)26(29)32)33-16-4-14-31(19-22-8-12-27-13-9-22)15-10-21-5-3-11-28-18-21;;;/h3,5-9,11-13,17-18H,4,10,14-16,19-20H2,1-2H3;3*1H. The van der Waals surface area contributed by atoms with E-state index in [2.05, 4.69) is 33.1 Å². The van der Waals surface area contributed by atoms with Crippen LogP contribution in [0.3, 0.4) is 0 Å². The molecular formula is C26H34Cl3N5O2. The molecule has 2 aromatic heterocycles. The van der Waals surface area contributed by atoms with Crippen molar-refractivity contribution in [2.45, 2.75) is 25.9 Å². The van der Waals surface area contributed by atoms with E-state index >= 15 is 0 Å². The fourth-order valence-electron chi connectivity index (χ4n) is 4.12. The van der Waals surface area contributed by atoms with Crippen LogP contribution in [0, 0.1) is 0 Å². The van der Waals surface area contributed by atoms with Gasteiger partial charge in [0.2, 0.25) is 0 Å². The number of halogens is 3. The van der Waals surface area contributed by atoms with Crippen molar-refractivity contribution in [2.75, 3.05) is 38.7 Å². The number of pyridine rings is 2. The molecule has 4 rings (SSSR count). The Labute approximate surface area is 232 Å².